The molecule has 8 heteroatoms. The number of benzene rings is 1. The molecule has 0 saturated heterocycles. The van der Waals surface area contributed by atoms with Crippen molar-refractivity contribution in [2.24, 2.45) is 0 Å². The number of hydrogen-bond donors (Lipinski definition) is 1. The van der Waals surface area contributed by atoms with E-state index in [-0.39, 0.29) is 11.7 Å². The molecule has 0 aliphatic heterocycles. The summed E-state index contributed by atoms with van der Waals surface area (Å²) in [5.74, 6) is 0. The Kier molecular flexibility index (Phi) is 4.33. The van der Waals surface area contributed by atoms with Crippen LogP contribution in [0.3, 0.4) is 0 Å². The molecule has 20 heavy (non-hydrogen) atoms. The highest BCUT2D eigenvalue weighted by Crippen LogP contribution is 2.33. The number of nitrogens with one attached hydrogen (secondary N) is 1. The number of nitro benzene ring substituents is 1. The van der Waals surface area contributed by atoms with Crippen LogP contribution in [0, 0.1) is 10.1 Å². The first-order chi connectivity index (χ1) is 9.29. The summed E-state index contributed by atoms with van der Waals surface area (Å²) in [6, 6.07) is 4.43. The van der Waals surface area contributed by atoms with E-state index in [1.54, 1.807) is 12.1 Å². The van der Waals surface area contributed by atoms with E-state index in [1.165, 1.54) is 12.3 Å². The molecule has 1 fully saturated rings. The van der Waals surface area contributed by atoms with E-state index in [1.807, 2.05) is 0 Å². The average molecular weight is 363 g/mol. The quantitative estimate of drug-likeness (QED) is 0.656. The minimum absolute atomic E-state index is 0.0569. The minimum atomic E-state index is -3.15. The molecule has 0 spiro atoms. The van der Waals surface area contributed by atoms with Crippen molar-refractivity contribution in [2.45, 2.75) is 30.6 Å². The number of sulfone groups is 1. The second-order valence-electron chi connectivity index (χ2n) is 4.97. The maximum Gasteiger partial charge on any atom is 0.293 e. The van der Waals surface area contributed by atoms with Gasteiger partial charge in [0.1, 0.15) is 5.69 Å². The molecule has 1 aromatic rings. The summed E-state index contributed by atoms with van der Waals surface area (Å²) in [7, 11) is -3.15. The number of halogens is 1. The maximum absolute atomic E-state index is 11.7. The number of anilines is 1. The largest absolute Gasteiger partial charge is 0.375 e. The first-order valence-corrected chi connectivity index (χ1v) is 8.93. The van der Waals surface area contributed by atoms with Crippen LogP contribution in [-0.2, 0) is 9.84 Å². The molecule has 1 aliphatic carbocycles. The van der Waals surface area contributed by atoms with Crippen LogP contribution in [0.4, 0.5) is 11.4 Å². The average Bonchev–Trinajstić information content (AvgIpc) is 2.79. The summed E-state index contributed by atoms with van der Waals surface area (Å²) in [5, 5.41) is 13.6. The smallest absolute Gasteiger partial charge is 0.293 e. The number of hydrogen-bond acceptors (Lipinski definition) is 5. The fourth-order valence-corrected chi connectivity index (χ4v) is 4.33. The Morgan fingerprint density at radius 1 is 1.40 bits per heavy atom. The topological polar surface area (TPSA) is 89.3 Å². The van der Waals surface area contributed by atoms with Gasteiger partial charge in [-0.25, -0.2) is 8.42 Å². The third kappa shape index (κ3) is 3.29. The van der Waals surface area contributed by atoms with E-state index >= 15 is 0 Å². The first-order valence-electron chi connectivity index (χ1n) is 6.18. The lowest BCUT2D eigenvalue weighted by molar-refractivity contribution is -0.384. The highest BCUT2D eigenvalue weighted by atomic mass is 79.9. The second-order valence-corrected chi connectivity index (χ2v) is 8.15. The third-order valence-corrected chi connectivity index (χ3v) is 5.66. The van der Waals surface area contributed by atoms with E-state index < -0.39 is 20.0 Å². The number of rotatable bonds is 4. The highest BCUT2D eigenvalue weighted by molar-refractivity contribution is 9.10. The molecule has 0 bridgehead atoms. The van der Waals surface area contributed by atoms with Crippen molar-refractivity contribution in [2.75, 3.05) is 11.6 Å². The van der Waals surface area contributed by atoms with Gasteiger partial charge >= 0.3 is 0 Å². The van der Waals surface area contributed by atoms with E-state index in [0.29, 0.717) is 23.0 Å². The van der Waals surface area contributed by atoms with Crippen molar-refractivity contribution >= 4 is 37.1 Å². The molecule has 0 aromatic heterocycles. The second kappa shape index (κ2) is 5.69. The molecule has 2 atom stereocenters. The zero-order valence-corrected chi connectivity index (χ0v) is 13.3. The van der Waals surface area contributed by atoms with E-state index in [4.69, 9.17) is 0 Å². The predicted octanol–water partition coefficient (Wildman–Crippen LogP) is 2.73. The molecule has 1 N–H and O–H groups in total. The van der Waals surface area contributed by atoms with Gasteiger partial charge in [0.15, 0.2) is 9.84 Å². The Hall–Kier alpha value is -1.15. The lowest BCUT2D eigenvalue weighted by Gasteiger charge is -2.20. The van der Waals surface area contributed by atoms with Gasteiger partial charge in [0.05, 0.1) is 10.2 Å². The van der Waals surface area contributed by atoms with Crippen LogP contribution in [-0.4, -0.2) is 30.9 Å². The summed E-state index contributed by atoms with van der Waals surface area (Å²) in [6.07, 6.45) is 3.32. The zero-order valence-electron chi connectivity index (χ0n) is 10.9. The monoisotopic (exact) mass is 362 g/mol. The Morgan fingerprint density at radius 2 is 2.10 bits per heavy atom. The summed E-state index contributed by atoms with van der Waals surface area (Å²) >= 11 is 3.19. The molecular weight excluding hydrogens is 348 g/mol. The molecule has 0 heterocycles. The molecule has 0 amide bonds. The van der Waals surface area contributed by atoms with E-state index in [2.05, 4.69) is 21.2 Å². The Balaban J connectivity index is 2.28. The van der Waals surface area contributed by atoms with Gasteiger partial charge in [-0.3, -0.25) is 10.1 Å². The Labute approximate surface area is 125 Å². The van der Waals surface area contributed by atoms with Crippen molar-refractivity contribution in [3.63, 3.8) is 0 Å². The van der Waals surface area contributed by atoms with Crippen LogP contribution in [0.2, 0.25) is 0 Å². The summed E-state index contributed by atoms with van der Waals surface area (Å²) in [5.41, 5.74) is 0.303. The SMILES string of the molecule is CS(=O)(=O)C1CCCC1Nc1ccc(Br)cc1[N+](=O)[O-]. The van der Waals surface area contributed by atoms with Crippen LogP contribution < -0.4 is 5.32 Å². The molecule has 1 saturated carbocycles. The lowest BCUT2D eigenvalue weighted by Crippen LogP contribution is -2.34. The van der Waals surface area contributed by atoms with Crippen LogP contribution in [0.1, 0.15) is 19.3 Å². The van der Waals surface area contributed by atoms with Crippen molar-refractivity contribution in [1.82, 2.24) is 0 Å². The standard InChI is InChI=1S/C12H15BrN2O4S/c1-20(18,19)12-4-2-3-10(12)14-9-6-5-8(13)7-11(9)15(16)17/h5-7,10,12,14H,2-4H2,1H3. The number of nitrogens with zero attached hydrogens (tertiary/aromatic N) is 1. The van der Waals surface area contributed by atoms with Crippen LogP contribution in [0.5, 0.6) is 0 Å². The zero-order chi connectivity index (χ0) is 14.9. The molecule has 1 aromatic carbocycles. The van der Waals surface area contributed by atoms with E-state index in [9.17, 15) is 18.5 Å². The molecule has 0 radical (unpaired) electrons. The normalized spacial score (nSPS) is 22.7. The van der Waals surface area contributed by atoms with Crippen molar-refractivity contribution < 1.29 is 13.3 Å². The molecule has 2 rings (SSSR count). The van der Waals surface area contributed by atoms with Gasteiger partial charge in [0, 0.05) is 22.8 Å². The van der Waals surface area contributed by atoms with Gasteiger partial charge in [-0.05, 0) is 31.4 Å². The van der Waals surface area contributed by atoms with E-state index in [0.717, 1.165) is 6.42 Å². The summed E-state index contributed by atoms with van der Waals surface area (Å²) < 4.78 is 24.1. The van der Waals surface area contributed by atoms with Crippen LogP contribution in [0.25, 0.3) is 0 Å². The summed E-state index contributed by atoms with van der Waals surface area (Å²) in [6.45, 7) is 0. The fraction of sp³-hybridized carbons (Fsp3) is 0.500. The minimum Gasteiger partial charge on any atom is -0.375 e. The van der Waals surface area contributed by atoms with Gasteiger partial charge in [-0.15, -0.1) is 0 Å². The van der Waals surface area contributed by atoms with Gasteiger partial charge in [-0.2, -0.15) is 0 Å². The third-order valence-electron chi connectivity index (χ3n) is 3.50. The van der Waals surface area contributed by atoms with Crippen LogP contribution >= 0.6 is 15.9 Å². The van der Waals surface area contributed by atoms with Crippen LogP contribution in [0.15, 0.2) is 22.7 Å². The Bertz CT molecular complexity index is 632. The lowest BCUT2D eigenvalue weighted by atomic mass is 10.2. The van der Waals surface area contributed by atoms with Gasteiger partial charge in [0.2, 0.25) is 0 Å². The molecular formula is C12H15BrN2O4S. The van der Waals surface area contributed by atoms with Gasteiger partial charge < -0.3 is 5.32 Å². The van der Waals surface area contributed by atoms with Crippen molar-refractivity contribution in [3.8, 4) is 0 Å². The molecule has 2 unspecified atom stereocenters. The fourth-order valence-electron chi connectivity index (χ4n) is 2.58. The Morgan fingerprint density at radius 3 is 2.70 bits per heavy atom. The highest BCUT2D eigenvalue weighted by Gasteiger charge is 2.35. The van der Waals surface area contributed by atoms with Crippen molar-refractivity contribution in [3.05, 3.63) is 32.8 Å². The summed E-state index contributed by atoms with van der Waals surface area (Å²) in [4.78, 5) is 10.6. The number of nitro groups is 1. The van der Waals surface area contributed by atoms with Gasteiger partial charge in [0.25, 0.3) is 5.69 Å². The maximum atomic E-state index is 11.7. The first kappa shape index (κ1) is 15.2. The molecule has 110 valence electrons. The van der Waals surface area contributed by atoms with Gasteiger partial charge in [-0.1, -0.05) is 15.9 Å². The molecule has 1 aliphatic rings. The molecule has 6 nitrogen and oxygen atoms in total. The van der Waals surface area contributed by atoms with Crippen molar-refractivity contribution in [1.29, 1.82) is 0 Å². The predicted molar refractivity (Wildman–Crippen MR) is 80.7 cm³/mol.